The van der Waals surface area contributed by atoms with Crippen LogP contribution in [0.2, 0.25) is 5.02 Å². The molecule has 0 aliphatic rings. The molecule has 2 rings (SSSR count). The lowest BCUT2D eigenvalue weighted by atomic mass is 10.3. The molecule has 1 amide bonds. The fourth-order valence-electron chi connectivity index (χ4n) is 1.61. The predicted molar refractivity (Wildman–Crippen MR) is 84.3 cm³/mol. The maximum absolute atomic E-state index is 12.0. The van der Waals surface area contributed by atoms with Gasteiger partial charge in [-0.3, -0.25) is 4.79 Å². The van der Waals surface area contributed by atoms with Crippen molar-refractivity contribution >= 4 is 39.1 Å². The molecule has 0 aromatic heterocycles. The number of benzene rings is 2. The SMILES string of the molecule is C[C@@H](Oc1cccc(Br)c1)C(=O)Nc1cccc(Cl)c1. The van der Waals surface area contributed by atoms with Crippen LogP contribution in [0.4, 0.5) is 5.69 Å². The molecule has 0 saturated heterocycles. The van der Waals surface area contributed by atoms with Gasteiger partial charge in [0.2, 0.25) is 0 Å². The Morgan fingerprint density at radius 3 is 2.70 bits per heavy atom. The maximum Gasteiger partial charge on any atom is 0.265 e. The minimum atomic E-state index is -0.608. The number of hydrogen-bond acceptors (Lipinski definition) is 2. The minimum absolute atomic E-state index is 0.229. The summed E-state index contributed by atoms with van der Waals surface area (Å²) in [5, 5.41) is 3.33. The molecule has 3 nitrogen and oxygen atoms in total. The van der Waals surface area contributed by atoms with Gasteiger partial charge in [0.15, 0.2) is 6.10 Å². The molecule has 2 aromatic carbocycles. The number of anilines is 1. The molecule has 0 aliphatic carbocycles. The van der Waals surface area contributed by atoms with Crippen molar-refractivity contribution in [2.75, 3.05) is 5.32 Å². The number of nitrogens with one attached hydrogen (secondary N) is 1. The Morgan fingerprint density at radius 1 is 1.25 bits per heavy atom. The molecule has 20 heavy (non-hydrogen) atoms. The summed E-state index contributed by atoms with van der Waals surface area (Å²) in [5.41, 5.74) is 0.646. The number of carbonyl (C=O) groups is 1. The first-order valence-corrected chi connectivity index (χ1v) is 7.20. The van der Waals surface area contributed by atoms with Gasteiger partial charge in [-0.2, -0.15) is 0 Å². The number of rotatable bonds is 4. The highest BCUT2D eigenvalue weighted by Crippen LogP contribution is 2.20. The van der Waals surface area contributed by atoms with E-state index in [0.717, 1.165) is 4.47 Å². The topological polar surface area (TPSA) is 38.3 Å². The van der Waals surface area contributed by atoms with Gasteiger partial charge in [0, 0.05) is 15.2 Å². The van der Waals surface area contributed by atoms with Crippen molar-refractivity contribution in [2.45, 2.75) is 13.0 Å². The minimum Gasteiger partial charge on any atom is -0.481 e. The molecule has 2 aromatic rings. The predicted octanol–water partition coefficient (Wildman–Crippen LogP) is 4.51. The summed E-state index contributed by atoms with van der Waals surface area (Å²) in [6, 6.07) is 14.3. The van der Waals surface area contributed by atoms with Crippen molar-refractivity contribution < 1.29 is 9.53 Å². The Balaban J connectivity index is 1.98. The lowest BCUT2D eigenvalue weighted by Crippen LogP contribution is -2.30. The van der Waals surface area contributed by atoms with Crippen LogP contribution in [0.25, 0.3) is 0 Å². The molecule has 0 aliphatic heterocycles. The van der Waals surface area contributed by atoms with Gasteiger partial charge in [0.25, 0.3) is 5.91 Å². The molecule has 0 heterocycles. The Bertz CT molecular complexity index is 618. The number of amides is 1. The summed E-state index contributed by atoms with van der Waals surface area (Å²) >= 11 is 9.22. The largest absolute Gasteiger partial charge is 0.481 e. The molecule has 0 spiro atoms. The summed E-state index contributed by atoms with van der Waals surface area (Å²) < 4.78 is 6.48. The second-order valence-corrected chi connectivity index (χ2v) is 5.57. The third kappa shape index (κ3) is 4.25. The normalized spacial score (nSPS) is 11.8. The van der Waals surface area contributed by atoms with Gasteiger partial charge < -0.3 is 10.1 Å². The summed E-state index contributed by atoms with van der Waals surface area (Å²) in [6.07, 6.45) is -0.608. The van der Waals surface area contributed by atoms with Gasteiger partial charge in [0.1, 0.15) is 5.75 Å². The molecule has 5 heteroatoms. The van der Waals surface area contributed by atoms with E-state index in [1.807, 2.05) is 18.2 Å². The van der Waals surface area contributed by atoms with E-state index in [9.17, 15) is 4.79 Å². The maximum atomic E-state index is 12.0. The van der Waals surface area contributed by atoms with Gasteiger partial charge in [-0.25, -0.2) is 0 Å². The summed E-state index contributed by atoms with van der Waals surface area (Å²) in [5.74, 6) is 0.403. The van der Waals surface area contributed by atoms with Crippen LogP contribution in [0.15, 0.2) is 53.0 Å². The van der Waals surface area contributed by atoms with E-state index >= 15 is 0 Å². The second-order valence-electron chi connectivity index (χ2n) is 4.22. The number of hydrogen-bond donors (Lipinski definition) is 1. The molecular weight excluding hydrogens is 342 g/mol. The third-order valence-electron chi connectivity index (χ3n) is 2.57. The van der Waals surface area contributed by atoms with E-state index < -0.39 is 6.10 Å². The van der Waals surface area contributed by atoms with E-state index in [-0.39, 0.29) is 5.91 Å². The monoisotopic (exact) mass is 353 g/mol. The van der Waals surface area contributed by atoms with E-state index in [1.165, 1.54) is 0 Å². The first kappa shape index (κ1) is 14.9. The van der Waals surface area contributed by atoms with E-state index in [4.69, 9.17) is 16.3 Å². The highest BCUT2D eigenvalue weighted by Gasteiger charge is 2.15. The fraction of sp³-hybridized carbons (Fsp3) is 0.133. The van der Waals surface area contributed by atoms with Gasteiger partial charge >= 0.3 is 0 Å². The number of carbonyl (C=O) groups excluding carboxylic acids is 1. The molecule has 0 bridgehead atoms. The highest BCUT2D eigenvalue weighted by atomic mass is 79.9. The van der Waals surface area contributed by atoms with E-state index in [0.29, 0.717) is 16.5 Å². The van der Waals surface area contributed by atoms with Crippen LogP contribution in [-0.2, 0) is 4.79 Å². The molecule has 0 unspecified atom stereocenters. The zero-order chi connectivity index (χ0) is 14.5. The summed E-state index contributed by atoms with van der Waals surface area (Å²) in [7, 11) is 0. The lowest BCUT2D eigenvalue weighted by Gasteiger charge is -2.15. The molecule has 1 N–H and O–H groups in total. The Labute approximate surface area is 131 Å². The number of ether oxygens (including phenoxy) is 1. The second kappa shape index (κ2) is 6.77. The van der Waals surface area contributed by atoms with Gasteiger partial charge in [-0.05, 0) is 43.3 Å². The van der Waals surface area contributed by atoms with Crippen molar-refractivity contribution in [3.05, 3.63) is 58.0 Å². The van der Waals surface area contributed by atoms with Gasteiger partial charge in [-0.1, -0.05) is 39.7 Å². The van der Waals surface area contributed by atoms with Crippen LogP contribution in [0, 0.1) is 0 Å². The average Bonchev–Trinajstić information content (AvgIpc) is 2.38. The molecular formula is C15H13BrClNO2. The molecule has 1 atom stereocenters. The van der Waals surface area contributed by atoms with Crippen molar-refractivity contribution in [3.8, 4) is 5.75 Å². The van der Waals surface area contributed by atoms with Gasteiger partial charge in [-0.15, -0.1) is 0 Å². The summed E-state index contributed by atoms with van der Waals surface area (Å²) in [6.45, 7) is 1.70. The van der Waals surface area contributed by atoms with Crippen LogP contribution in [-0.4, -0.2) is 12.0 Å². The smallest absolute Gasteiger partial charge is 0.265 e. The highest BCUT2D eigenvalue weighted by molar-refractivity contribution is 9.10. The zero-order valence-electron chi connectivity index (χ0n) is 10.8. The van der Waals surface area contributed by atoms with Crippen LogP contribution < -0.4 is 10.1 Å². The third-order valence-corrected chi connectivity index (χ3v) is 3.30. The van der Waals surface area contributed by atoms with Crippen LogP contribution in [0.1, 0.15) is 6.92 Å². The Kier molecular flexibility index (Phi) is 5.04. The molecule has 0 radical (unpaired) electrons. The van der Waals surface area contributed by atoms with Crippen molar-refractivity contribution in [2.24, 2.45) is 0 Å². The standard InChI is InChI=1S/C15H13BrClNO2/c1-10(20-14-7-2-4-11(16)8-14)15(19)18-13-6-3-5-12(17)9-13/h2-10H,1H3,(H,18,19)/t10-/m1/s1. The van der Waals surface area contributed by atoms with Crippen molar-refractivity contribution in [3.63, 3.8) is 0 Å². The zero-order valence-corrected chi connectivity index (χ0v) is 13.1. The number of halogens is 2. The Hall–Kier alpha value is -1.52. The fourth-order valence-corrected chi connectivity index (χ4v) is 2.18. The van der Waals surface area contributed by atoms with Crippen LogP contribution in [0.5, 0.6) is 5.75 Å². The van der Waals surface area contributed by atoms with E-state index in [1.54, 1.807) is 37.3 Å². The van der Waals surface area contributed by atoms with Crippen LogP contribution in [0.3, 0.4) is 0 Å². The van der Waals surface area contributed by atoms with Crippen molar-refractivity contribution in [1.82, 2.24) is 0 Å². The summed E-state index contributed by atoms with van der Waals surface area (Å²) in [4.78, 5) is 12.0. The van der Waals surface area contributed by atoms with Crippen molar-refractivity contribution in [1.29, 1.82) is 0 Å². The first-order valence-electron chi connectivity index (χ1n) is 6.03. The molecule has 0 saturated carbocycles. The lowest BCUT2D eigenvalue weighted by molar-refractivity contribution is -0.122. The average molecular weight is 355 g/mol. The first-order chi connectivity index (χ1) is 9.54. The molecule has 104 valence electrons. The van der Waals surface area contributed by atoms with E-state index in [2.05, 4.69) is 21.2 Å². The van der Waals surface area contributed by atoms with Crippen LogP contribution >= 0.6 is 27.5 Å². The Morgan fingerprint density at radius 2 is 2.00 bits per heavy atom. The van der Waals surface area contributed by atoms with Gasteiger partial charge in [0.05, 0.1) is 0 Å². The quantitative estimate of drug-likeness (QED) is 0.877. The molecule has 0 fully saturated rings.